The Kier molecular flexibility index (Phi) is 4.62. The van der Waals surface area contributed by atoms with Gasteiger partial charge in [0, 0.05) is 17.5 Å². The second kappa shape index (κ2) is 7.08. The standard InChI is InChI=1S/C22H23NO4/c1-13-4-5-19-17(8-13)15(11-22(24)27-19)9-18-16-12-21(26-3)20(25-2)10-14(16)6-7-23-18/h4-5,8,10-12,18,23H,6-7,9H2,1-3H3. The highest BCUT2D eigenvalue weighted by atomic mass is 16.5. The van der Waals surface area contributed by atoms with E-state index in [2.05, 4.69) is 17.4 Å². The molecule has 140 valence electrons. The van der Waals surface area contributed by atoms with Gasteiger partial charge in [0.05, 0.1) is 14.2 Å². The number of methoxy groups -OCH3 is 2. The molecule has 1 aliphatic rings. The second-order valence-corrected chi connectivity index (χ2v) is 6.96. The zero-order chi connectivity index (χ0) is 19.0. The Hall–Kier alpha value is -2.79. The van der Waals surface area contributed by atoms with Crippen molar-refractivity contribution in [2.45, 2.75) is 25.8 Å². The van der Waals surface area contributed by atoms with Crippen LogP contribution in [0.25, 0.3) is 11.0 Å². The molecule has 0 spiro atoms. The maximum absolute atomic E-state index is 12.0. The van der Waals surface area contributed by atoms with Gasteiger partial charge in [-0.25, -0.2) is 4.79 Å². The second-order valence-electron chi connectivity index (χ2n) is 6.96. The van der Waals surface area contributed by atoms with Crippen molar-refractivity contribution in [3.05, 3.63) is 69.1 Å². The van der Waals surface area contributed by atoms with Crippen molar-refractivity contribution >= 4 is 11.0 Å². The Bertz CT molecular complexity index is 1050. The first-order valence-corrected chi connectivity index (χ1v) is 9.10. The molecular weight excluding hydrogens is 342 g/mol. The van der Waals surface area contributed by atoms with Crippen molar-refractivity contribution < 1.29 is 13.9 Å². The van der Waals surface area contributed by atoms with Crippen LogP contribution in [0.4, 0.5) is 0 Å². The van der Waals surface area contributed by atoms with Gasteiger partial charge in [-0.3, -0.25) is 0 Å². The fourth-order valence-corrected chi connectivity index (χ4v) is 3.88. The molecule has 0 fully saturated rings. The van der Waals surface area contributed by atoms with E-state index in [0.29, 0.717) is 12.0 Å². The summed E-state index contributed by atoms with van der Waals surface area (Å²) in [6, 6.07) is 11.7. The summed E-state index contributed by atoms with van der Waals surface area (Å²) in [7, 11) is 3.30. The smallest absolute Gasteiger partial charge is 0.336 e. The molecule has 0 saturated heterocycles. The van der Waals surface area contributed by atoms with E-state index in [-0.39, 0.29) is 11.7 Å². The predicted molar refractivity (Wildman–Crippen MR) is 105 cm³/mol. The minimum absolute atomic E-state index is 0.0964. The monoisotopic (exact) mass is 365 g/mol. The summed E-state index contributed by atoms with van der Waals surface area (Å²) in [6.07, 6.45) is 1.64. The lowest BCUT2D eigenvalue weighted by molar-refractivity contribution is 0.352. The van der Waals surface area contributed by atoms with Crippen molar-refractivity contribution in [1.82, 2.24) is 5.32 Å². The number of rotatable bonds is 4. The molecule has 5 heteroatoms. The quantitative estimate of drug-likeness (QED) is 0.717. The molecule has 0 radical (unpaired) electrons. The van der Waals surface area contributed by atoms with Crippen molar-refractivity contribution in [3.8, 4) is 11.5 Å². The Labute approximate surface area is 157 Å². The highest BCUT2D eigenvalue weighted by molar-refractivity contribution is 5.81. The van der Waals surface area contributed by atoms with Crippen LogP contribution in [0.5, 0.6) is 11.5 Å². The summed E-state index contributed by atoms with van der Waals surface area (Å²) in [6.45, 7) is 2.92. The van der Waals surface area contributed by atoms with E-state index < -0.39 is 0 Å². The third kappa shape index (κ3) is 3.30. The van der Waals surface area contributed by atoms with Crippen LogP contribution < -0.4 is 20.4 Å². The molecule has 4 rings (SSSR count). The maximum Gasteiger partial charge on any atom is 0.336 e. The zero-order valence-electron chi connectivity index (χ0n) is 15.8. The zero-order valence-corrected chi connectivity index (χ0v) is 15.8. The number of nitrogens with one attached hydrogen (secondary N) is 1. The predicted octanol–water partition coefficient (Wildman–Crippen LogP) is 3.55. The molecule has 0 amide bonds. The van der Waals surface area contributed by atoms with Crippen LogP contribution in [-0.4, -0.2) is 20.8 Å². The van der Waals surface area contributed by atoms with Crippen LogP contribution in [0.3, 0.4) is 0 Å². The van der Waals surface area contributed by atoms with Gasteiger partial charge in [0.15, 0.2) is 11.5 Å². The fraction of sp³-hybridized carbons (Fsp3) is 0.318. The maximum atomic E-state index is 12.0. The molecule has 2 heterocycles. The van der Waals surface area contributed by atoms with Crippen LogP contribution in [0.15, 0.2) is 45.6 Å². The van der Waals surface area contributed by atoms with Crippen LogP contribution >= 0.6 is 0 Å². The van der Waals surface area contributed by atoms with E-state index in [0.717, 1.165) is 41.0 Å². The Morgan fingerprint density at radius 3 is 2.67 bits per heavy atom. The van der Waals surface area contributed by atoms with Gasteiger partial charge in [-0.2, -0.15) is 0 Å². The van der Waals surface area contributed by atoms with E-state index >= 15 is 0 Å². The van der Waals surface area contributed by atoms with Gasteiger partial charge in [-0.15, -0.1) is 0 Å². The van der Waals surface area contributed by atoms with Gasteiger partial charge >= 0.3 is 5.63 Å². The largest absolute Gasteiger partial charge is 0.493 e. The molecular formula is C22H23NO4. The van der Waals surface area contributed by atoms with E-state index in [1.165, 1.54) is 11.1 Å². The summed E-state index contributed by atoms with van der Waals surface area (Å²) >= 11 is 0. The molecule has 0 aliphatic carbocycles. The highest BCUT2D eigenvalue weighted by Gasteiger charge is 2.24. The van der Waals surface area contributed by atoms with E-state index in [4.69, 9.17) is 13.9 Å². The average molecular weight is 365 g/mol. The Balaban J connectivity index is 1.78. The summed E-state index contributed by atoms with van der Waals surface area (Å²) in [4.78, 5) is 12.0. The number of ether oxygens (including phenoxy) is 2. The van der Waals surface area contributed by atoms with Crippen molar-refractivity contribution in [2.75, 3.05) is 20.8 Å². The average Bonchev–Trinajstić information content (AvgIpc) is 2.67. The minimum atomic E-state index is -0.315. The summed E-state index contributed by atoms with van der Waals surface area (Å²) < 4.78 is 16.3. The lowest BCUT2D eigenvalue weighted by Crippen LogP contribution is -2.31. The van der Waals surface area contributed by atoms with E-state index in [9.17, 15) is 4.79 Å². The molecule has 1 atom stereocenters. The minimum Gasteiger partial charge on any atom is -0.493 e. The summed E-state index contributed by atoms with van der Waals surface area (Å²) in [5.74, 6) is 1.47. The van der Waals surface area contributed by atoms with Crippen LogP contribution in [0.1, 0.15) is 28.3 Å². The molecule has 0 saturated carbocycles. The first-order chi connectivity index (χ1) is 13.1. The van der Waals surface area contributed by atoms with Crippen LogP contribution in [0.2, 0.25) is 0 Å². The third-order valence-electron chi connectivity index (χ3n) is 5.21. The van der Waals surface area contributed by atoms with Gasteiger partial charge in [-0.1, -0.05) is 11.6 Å². The molecule has 2 aromatic carbocycles. The third-order valence-corrected chi connectivity index (χ3v) is 5.21. The summed E-state index contributed by atoms with van der Waals surface area (Å²) in [5.41, 5.74) is 4.88. The fourth-order valence-electron chi connectivity index (χ4n) is 3.88. The van der Waals surface area contributed by atoms with Gasteiger partial charge in [0.25, 0.3) is 0 Å². The number of hydrogen-bond acceptors (Lipinski definition) is 5. The van der Waals surface area contributed by atoms with Crippen LogP contribution in [0, 0.1) is 6.92 Å². The number of aryl methyl sites for hydroxylation is 1. The number of fused-ring (bicyclic) bond motifs is 2. The topological polar surface area (TPSA) is 60.7 Å². The molecule has 3 aromatic rings. The molecule has 1 aliphatic heterocycles. The van der Waals surface area contributed by atoms with E-state index in [1.807, 2.05) is 25.1 Å². The highest BCUT2D eigenvalue weighted by Crippen LogP contribution is 2.36. The number of hydrogen-bond donors (Lipinski definition) is 1. The van der Waals surface area contributed by atoms with Crippen LogP contribution in [-0.2, 0) is 12.8 Å². The van der Waals surface area contributed by atoms with Gasteiger partial charge in [-0.05, 0) is 67.3 Å². The van der Waals surface area contributed by atoms with Crippen molar-refractivity contribution in [2.24, 2.45) is 0 Å². The van der Waals surface area contributed by atoms with Gasteiger partial charge in [0.2, 0.25) is 0 Å². The molecule has 27 heavy (non-hydrogen) atoms. The van der Waals surface area contributed by atoms with Crippen molar-refractivity contribution in [1.29, 1.82) is 0 Å². The number of benzene rings is 2. The Morgan fingerprint density at radius 1 is 1.11 bits per heavy atom. The normalized spacial score (nSPS) is 16.2. The molecule has 1 N–H and O–H groups in total. The first-order valence-electron chi connectivity index (χ1n) is 9.10. The molecule has 0 bridgehead atoms. The van der Waals surface area contributed by atoms with E-state index in [1.54, 1.807) is 20.3 Å². The molecule has 1 unspecified atom stereocenters. The SMILES string of the molecule is COc1cc2c(cc1OC)C(Cc1cc(=O)oc3ccc(C)cc13)NCC2. The van der Waals surface area contributed by atoms with Gasteiger partial charge < -0.3 is 19.2 Å². The first kappa shape index (κ1) is 17.6. The Morgan fingerprint density at radius 2 is 1.89 bits per heavy atom. The lowest BCUT2D eigenvalue weighted by atomic mass is 9.89. The summed E-state index contributed by atoms with van der Waals surface area (Å²) in [5, 5.41) is 4.57. The van der Waals surface area contributed by atoms with Crippen molar-refractivity contribution in [3.63, 3.8) is 0 Å². The molecule has 1 aromatic heterocycles. The van der Waals surface area contributed by atoms with Gasteiger partial charge in [0.1, 0.15) is 5.58 Å². The molecule has 5 nitrogen and oxygen atoms in total. The lowest BCUT2D eigenvalue weighted by Gasteiger charge is -2.28.